The molecule has 0 bridgehead atoms. The summed E-state index contributed by atoms with van der Waals surface area (Å²) in [5, 5.41) is 13.2. The molecule has 0 radical (unpaired) electrons. The molecule has 1 aliphatic rings. The Labute approximate surface area is 93.9 Å². The summed E-state index contributed by atoms with van der Waals surface area (Å²) in [6.07, 6.45) is 4.52. The van der Waals surface area contributed by atoms with Crippen LogP contribution in [-0.4, -0.2) is 9.78 Å². The van der Waals surface area contributed by atoms with Crippen LogP contribution in [0.5, 0.6) is 0 Å². The van der Waals surface area contributed by atoms with Gasteiger partial charge in [-0.2, -0.15) is 10.4 Å². The van der Waals surface area contributed by atoms with Crippen molar-refractivity contribution in [2.24, 2.45) is 0 Å². The summed E-state index contributed by atoms with van der Waals surface area (Å²) >= 11 is 0. The van der Waals surface area contributed by atoms with Crippen molar-refractivity contribution in [1.82, 2.24) is 9.78 Å². The summed E-state index contributed by atoms with van der Waals surface area (Å²) in [6, 6.07) is 11.7. The molecule has 3 rings (SSSR count). The molecule has 1 heterocycles. The van der Waals surface area contributed by atoms with E-state index in [1.165, 1.54) is 18.5 Å². The fourth-order valence-corrected chi connectivity index (χ4v) is 1.77. The third kappa shape index (κ3) is 1.59. The molecule has 0 atom stereocenters. The molecule has 16 heavy (non-hydrogen) atoms. The van der Waals surface area contributed by atoms with E-state index in [-0.39, 0.29) is 0 Å². The molecule has 1 aromatic heterocycles. The Morgan fingerprint density at radius 3 is 2.56 bits per heavy atom. The lowest BCUT2D eigenvalue weighted by Gasteiger charge is -2.00. The van der Waals surface area contributed by atoms with E-state index in [1.54, 1.807) is 0 Å². The number of nitriles is 1. The number of benzene rings is 1. The summed E-state index contributed by atoms with van der Waals surface area (Å²) in [5.41, 5.74) is 2.87. The van der Waals surface area contributed by atoms with Crippen molar-refractivity contribution in [3.05, 3.63) is 47.8 Å². The number of nitrogens with zero attached hydrogens (tertiary/aromatic N) is 3. The minimum atomic E-state index is 0.679. The van der Waals surface area contributed by atoms with E-state index in [0.29, 0.717) is 11.5 Å². The standard InChI is InChI=1S/C13H11N3/c14-9-10-1-5-12(6-2-10)16-8-7-13(15-16)11-3-4-11/h1-2,5-8,11H,3-4H2. The van der Waals surface area contributed by atoms with Crippen LogP contribution >= 0.6 is 0 Å². The largest absolute Gasteiger partial charge is 0.241 e. The smallest absolute Gasteiger partial charge is 0.0991 e. The molecule has 0 unspecified atom stereocenters. The number of hydrogen-bond donors (Lipinski definition) is 0. The Balaban J connectivity index is 1.92. The van der Waals surface area contributed by atoms with E-state index < -0.39 is 0 Å². The molecule has 1 fully saturated rings. The van der Waals surface area contributed by atoms with E-state index in [9.17, 15) is 0 Å². The highest BCUT2D eigenvalue weighted by atomic mass is 15.3. The zero-order valence-corrected chi connectivity index (χ0v) is 8.80. The molecular formula is C13H11N3. The molecule has 0 saturated heterocycles. The first-order chi connectivity index (χ1) is 7.86. The molecule has 1 saturated carbocycles. The first-order valence-corrected chi connectivity index (χ1v) is 5.43. The quantitative estimate of drug-likeness (QED) is 0.762. The first-order valence-electron chi connectivity index (χ1n) is 5.43. The van der Waals surface area contributed by atoms with Gasteiger partial charge in [-0.1, -0.05) is 0 Å². The maximum Gasteiger partial charge on any atom is 0.0991 e. The monoisotopic (exact) mass is 209 g/mol. The predicted octanol–water partition coefficient (Wildman–Crippen LogP) is 2.62. The van der Waals surface area contributed by atoms with Gasteiger partial charge in [0.2, 0.25) is 0 Å². The van der Waals surface area contributed by atoms with Gasteiger partial charge in [-0.3, -0.25) is 0 Å². The molecule has 3 nitrogen and oxygen atoms in total. The highest BCUT2D eigenvalue weighted by molar-refractivity contribution is 5.39. The Morgan fingerprint density at radius 2 is 1.94 bits per heavy atom. The highest BCUT2D eigenvalue weighted by Crippen LogP contribution is 2.38. The van der Waals surface area contributed by atoms with Crippen molar-refractivity contribution in [3.63, 3.8) is 0 Å². The number of hydrogen-bond acceptors (Lipinski definition) is 2. The molecule has 2 aromatic rings. The molecule has 0 N–H and O–H groups in total. The van der Waals surface area contributed by atoms with Crippen molar-refractivity contribution >= 4 is 0 Å². The van der Waals surface area contributed by atoms with Gasteiger partial charge in [0.05, 0.1) is 23.0 Å². The van der Waals surface area contributed by atoms with Gasteiger partial charge >= 0.3 is 0 Å². The lowest BCUT2D eigenvalue weighted by molar-refractivity contribution is 0.837. The predicted molar refractivity (Wildman–Crippen MR) is 60.3 cm³/mol. The van der Waals surface area contributed by atoms with E-state index in [4.69, 9.17) is 5.26 Å². The molecule has 0 spiro atoms. The van der Waals surface area contributed by atoms with Crippen LogP contribution < -0.4 is 0 Å². The van der Waals surface area contributed by atoms with Gasteiger partial charge in [-0.15, -0.1) is 0 Å². The second-order valence-corrected chi connectivity index (χ2v) is 4.12. The summed E-state index contributed by atoms with van der Waals surface area (Å²) in [7, 11) is 0. The first kappa shape index (κ1) is 9.17. The molecule has 0 aliphatic heterocycles. The average Bonchev–Trinajstić information content (AvgIpc) is 3.08. The summed E-state index contributed by atoms with van der Waals surface area (Å²) in [6.45, 7) is 0. The van der Waals surface area contributed by atoms with E-state index in [0.717, 1.165) is 5.69 Å². The third-order valence-corrected chi connectivity index (χ3v) is 2.87. The van der Waals surface area contributed by atoms with Gasteiger partial charge in [0, 0.05) is 12.1 Å². The SMILES string of the molecule is N#Cc1ccc(-n2ccc(C3CC3)n2)cc1. The second kappa shape index (κ2) is 3.49. The van der Waals surface area contributed by atoms with Crippen LogP contribution in [0.3, 0.4) is 0 Å². The average molecular weight is 209 g/mol. The molecule has 1 aromatic carbocycles. The molecule has 3 heteroatoms. The van der Waals surface area contributed by atoms with E-state index in [2.05, 4.69) is 17.2 Å². The van der Waals surface area contributed by atoms with Crippen LogP contribution in [0.2, 0.25) is 0 Å². The maximum atomic E-state index is 8.71. The number of rotatable bonds is 2. The topological polar surface area (TPSA) is 41.6 Å². The van der Waals surface area contributed by atoms with Crippen LogP contribution in [-0.2, 0) is 0 Å². The fraction of sp³-hybridized carbons (Fsp3) is 0.231. The van der Waals surface area contributed by atoms with Crippen LogP contribution in [0, 0.1) is 11.3 Å². The van der Waals surface area contributed by atoms with Crippen LogP contribution in [0.4, 0.5) is 0 Å². The second-order valence-electron chi connectivity index (χ2n) is 4.12. The number of aromatic nitrogens is 2. The minimum Gasteiger partial charge on any atom is -0.241 e. The van der Waals surface area contributed by atoms with Crippen molar-refractivity contribution in [1.29, 1.82) is 5.26 Å². The Kier molecular flexibility index (Phi) is 2.00. The highest BCUT2D eigenvalue weighted by Gasteiger charge is 2.25. The van der Waals surface area contributed by atoms with Gasteiger partial charge in [-0.25, -0.2) is 4.68 Å². The normalized spacial score (nSPS) is 14.7. The molecule has 1 aliphatic carbocycles. The van der Waals surface area contributed by atoms with Gasteiger partial charge in [0.25, 0.3) is 0 Å². The lowest BCUT2D eigenvalue weighted by atomic mass is 10.2. The van der Waals surface area contributed by atoms with Crippen LogP contribution in [0.1, 0.15) is 30.0 Å². The van der Waals surface area contributed by atoms with Gasteiger partial charge < -0.3 is 0 Å². The molecule has 78 valence electrons. The zero-order valence-electron chi connectivity index (χ0n) is 8.80. The maximum absolute atomic E-state index is 8.71. The Morgan fingerprint density at radius 1 is 1.19 bits per heavy atom. The van der Waals surface area contributed by atoms with Crippen molar-refractivity contribution in [3.8, 4) is 11.8 Å². The fourth-order valence-electron chi connectivity index (χ4n) is 1.77. The van der Waals surface area contributed by atoms with Crippen LogP contribution in [0.15, 0.2) is 36.5 Å². The van der Waals surface area contributed by atoms with E-state index in [1.807, 2.05) is 35.1 Å². The van der Waals surface area contributed by atoms with Crippen molar-refractivity contribution in [2.45, 2.75) is 18.8 Å². The van der Waals surface area contributed by atoms with Gasteiger partial charge in [0.15, 0.2) is 0 Å². The summed E-state index contributed by atoms with van der Waals surface area (Å²) < 4.78 is 1.87. The molecule has 0 amide bonds. The minimum absolute atomic E-state index is 0.679. The van der Waals surface area contributed by atoms with E-state index >= 15 is 0 Å². The third-order valence-electron chi connectivity index (χ3n) is 2.87. The van der Waals surface area contributed by atoms with Gasteiger partial charge in [-0.05, 0) is 43.2 Å². The van der Waals surface area contributed by atoms with Crippen molar-refractivity contribution < 1.29 is 0 Å². The van der Waals surface area contributed by atoms with Crippen LogP contribution in [0.25, 0.3) is 5.69 Å². The van der Waals surface area contributed by atoms with Crippen molar-refractivity contribution in [2.75, 3.05) is 0 Å². The van der Waals surface area contributed by atoms with Gasteiger partial charge in [0.1, 0.15) is 0 Å². The summed E-state index contributed by atoms with van der Waals surface area (Å²) in [5.74, 6) is 0.680. The zero-order chi connectivity index (χ0) is 11.0. The Hall–Kier alpha value is -2.08. The molecular weight excluding hydrogens is 198 g/mol. The summed E-state index contributed by atoms with van der Waals surface area (Å²) in [4.78, 5) is 0. The Bertz CT molecular complexity index is 541. The lowest BCUT2D eigenvalue weighted by Crippen LogP contribution is -1.95.